The average molecular weight is 276 g/mol. The molecule has 1 N–H and O–H groups in total. The van der Waals surface area contributed by atoms with E-state index in [-0.39, 0.29) is 5.25 Å². The van der Waals surface area contributed by atoms with Crippen LogP contribution >= 0.6 is 11.8 Å². The highest BCUT2D eigenvalue weighted by atomic mass is 32.2. The first-order chi connectivity index (χ1) is 9.14. The summed E-state index contributed by atoms with van der Waals surface area (Å²) in [6.45, 7) is 5.15. The maximum atomic E-state index is 10.8. The number of aryl methyl sites for hydroxylation is 1. The number of fused-ring (bicyclic) bond motifs is 1. The van der Waals surface area contributed by atoms with Crippen molar-refractivity contribution in [2.45, 2.75) is 44.1 Å². The highest BCUT2D eigenvalue weighted by Gasteiger charge is 2.40. The Hall–Kier alpha value is -1.00. The van der Waals surface area contributed by atoms with Gasteiger partial charge in [0.05, 0.1) is 16.6 Å². The molecule has 19 heavy (non-hydrogen) atoms. The molecule has 2 heterocycles. The second kappa shape index (κ2) is 4.84. The van der Waals surface area contributed by atoms with Crippen molar-refractivity contribution in [1.82, 2.24) is 9.55 Å². The molecule has 0 bridgehead atoms. The van der Waals surface area contributed by atoms with Crippen molar-refractivity contribution in [1.29, 1.82) is 0 Å². The standard InChI is InChI=1S/C15H20N2OS/c1-3-17-13-7-5-4-6-12(13)16-14(17)10-15(18)8-9-19-11(15)2/h4-7,11,18H,3,8-10H2,1-2H3. The van der Waals surface area contributed by atoms with Crippen molar-refractivity contribution in [2.24, 2.45) is 0 Å². The second-order valence-electron chi connectivity index (χ2n) is 5.30. The summed E-state index contributed by atoms with van der Waals surface area (Å²) in [5.41, 5.74) is 1.60. The first kappa shape index (κ1) is 13.0. The van der Waals surface area contributed by atoms with Crippen LogP contribution in [0.25, 0.3) is 11.0 Å². The fraction of sp³-hybridized carbons (Fsp3) is 0.533. The highest BCUT2D eigenvalue weighted by molar-refractivity contribution is 8.00. The number of imidazole rings is 1. The third-order valence-corrected chi connectivity index (χ3v) is 5.55. The smallest absolute Gasteiger partial charge is 0.112 e. The first-order valence-corrected chi connectivity index (χ1v) is 7.97. The van der Waals surface area contributed by atoms with Crippen LogP contribution in [0.5, 0.6) is 0 Å². The normalized spacial score (nSPS) is 27.2. The number of nitrogens with zero attached hydrogens (tertiary/aromatic N) is 2. The average Bonchev–Trinajstić information content (AvgIpc) is 2.90. The predicted octanol–water partition coefficient (Wildman–Crippen LogP) is 2.86. The van der Waals surface area contributed by atoms with E-state index < -0.39 is 5.60 Å². The molecule has 2 unspecified atom stereocenters. The van der Waals surface area contributed by atoms with Crippen LogP contribution in [0.4, 0.5) is 0 Å². The van der Waals surface area contributed by atoms with Gasteiger partial charge in [0.1, 0.15) is 5.82 Å². The molecule has 0 saturated carbocycles. The molecule has 0 aliphatic carbocycles. The molecule has 3 nitrogen and oxygen atoms in total. The van der Waals surface area contributed by atoms with Crippen LogP contribution in [-0.4, -0.2) is 31.3 Å². The number of para-hydroxylation sites is 2. The van der Waals surface area contributed by atoms with E-state index in [9.17, 15) is 5.11 Å². The first-order valence-electron chi connectivity index (χ1n) is 6.92. The molecule has 0 spiro atoms. The molecular formula is C15H20N2OS. The van der Waals surface area contributed by atoms with E-state index in [2.05, 4.69) is 24.5 Å². The Morgan fingerprint density at radius 3 is 2.95 bits per heavy atom. The van der Waals surface area contributed by atoms with Gasteiger partial charge in [-0.3, -0.25) is 0 Å². The van der Waals surface area contributed by atoms with E-state index in [1.165, 1.54) is 5.52 Å². The highest BCUT2D eigenvalue weighted by Crippen LogP contribution is 2.38. The van der Waals surface area contributed by atoms with E-state index in [0.29, 0.717) is 6.42 Å². The molecule has 1 saturated heterocycles. The predicted molar refractivity (Wildman–Crippen MR) is 80.6 cm³/mol. The minimum Gasteiger partial charge on any atom is -0.388 e. The summed E-state index contributed by atoms with van der Waals surface area (Å²) in [7, 11) is 0. The van der Waals surface area contributed by atoms with Crippen molar-refractivity contribution in [3.05, 3.63) is 30.1 Å². The van der Waals surface area contributed by atoms with E-state index in [1.54, 1.807) is 0 Å². The van der Waals surface area contributed by atoms with Crippen LogP contribution in [0.1, 0.15) is 26.1 Å². The minimum atomic E-state index is -0.598. The Morgan fingerprint density at radius 1 is 1.47 bits per heavy atom. The number of benzene rings is 1. The van der Waals surface area contributed by atoms with Crippen LogP contribution in [-0.2, 0) is 13.0 Å². The van der Waals surface area contributed by atoms with Gasteiger partial charge < -0.3 is 9.67 Å². The molecule has 1 aliphatic heterocycles. The van der Waals surface area contributed by atoms with E-state index in [4.69, 9.17) is 4.98 Å². The topological polar surface area (TPSA) is 38.0 Å². The van der Waals surface area contributed by atoms with Gasteiger partial charge in [-0.25, -0.2) is 4.98 Å². The number of rotatable bonds is 3. The number of aliphatic hydroxyl groups is 1. The van der Waals surface area contributed by atoms with Gasteiger partial charge >= 0.3 is 0 Å². The monoisotopic (exact) mass is 276 g/mol. The lowest BCUT2D eigenvalue weighted by molar-refractivity contribution is 0.0437. The summed E-state index contributed by atoms with van der Waals surface area (Å²) in [4.78, 5) is 4.72. The van der Waals surface area contributed by atoms with Crippen LogP contribution in [0, 0.1) is 0 Å². The van der Waals surface area contributed by atoms with Crippen LogP contribution in [0.2, 0.25) is 0 Å². The van der Waals surface area contributed by atoms with Gasteiger partial charge in [-0.2, -0.15) is 11.8 Å². The van der Waals surface area contributed by atoms with Crippen molar-refractivity contribution in [3.63, 3.8) is 0 Å². The second-order valence-corrected chi connectivity index (χ2v) is 6.75. The molecule has 4 heteroatoms. The Kier molecular flexibility index (Phi) is 3.31. The van der Waals surface area contributed by atoms with Gasteiger partial charge in [0.25, 0.3) is 0 Å². The van der Waals surface area contributed by atoms with Gasteiger partial charge in [0.2, 0.25) is 0 Å². The summed E-state index contributed by atoms with van der Waals surface area (Å²) >= 11 is 1.86. The molecule has 2 aromatic rings. The fourth-order valence-electron chi connectivity index (χ4n) is 2.89. The lowest BCUT2D eigenvalue weighted by Crippen LogP contribution is -2.38. The fourth-order valence-corrected chi connectivity index (χ4v) is 4.23. The van der Waals surface area contributed by atoms with E-state index >= 15 is 0 Å². The summed E-state index contributed by atoms with van der Waals surface area (Å²) in [5.74, 6) is 2.06. The van der Waals surface area contributed by atoms with Crippen LogP contribution < -0.4 is 0 Å². The lowest BCUT2D eigenvalue weighted by atomic mass is 9.93. The molecule has 1 aliphatic rings. The number of thioether (sulfide) groups is 1. The molecule has 102 valence electrons. The zero-order chi connectivity index (χ0) is 13.5. The summed E-state index contributed by atoms with van der Waals surface area (Å²) in [6.07, 6.45) is 1.52. The van der Waals surface area contributed by atoms with Gasteiger partial charge in [0, 0.05) is 18.2 Å². The summed E-state index contributed by atoms with van der Waals surface area (Å²) < 4.78 is 2.23. The largest absolute Gasteiger partial charge is 0.388 e. The molecule has 1 aromatic heterocycles. The van der Waals surface area contributed by atoms with Crippen LogP contribution in [0.3, 0.4) is 0 Å². The van der Waals surface area contributed by atoms with Crippen molar-refractivity contribution < 1.29 is 5.11 Å². The van der Waals surface area contributed by atoms with Gasteiger partial charge in [0.15, 0.2) is 0 Å². The molecular weight excluding hydrogens is 256 g/mol. The van der Waals surface area contributed by atoms with Gasteiger partial charge in [-0.15, -0.1) is 0 Å². The van der Waals surface area contributed by atoms with Gasteiger partial charge in [-0.1, -0.05) is 19.1 Å². The summed E-state index contributed by atoms with van der Waals surface area (Å²) in [5, 5.41) is 11.1. The number of aromatic nitrogens is 2. The Morgan fingerprint density at radius 2 is 2.26 bits per heavy atom. The van der Waals surface area contributed by atoms with Gasteiger partial charge in [-0.05, 0) is 31.2 Å². The maximum Gasteiger partial charge on any atom is 0.112 e. The molecule has 0 amide bonds. The lowest BCUT2D eigenvalue weighted by Gasteiger charge is -2.26. The quantitative estimate of drug-likeness (QED) is 0.937. The SMILES string of the molecule is CCn1c(CC2(O)CCSC2C)nc2ccccc21. The Balaban J connectivity index is 2.01. The molecule has 2 atom stereocenters. The van der Waals surface area contributed by atoms with Crippen LogP contribution in [0.15, 0.2) is 24.3 Å². The third-order valence-electron chi connectivity index (χ3n) is 4.17. The molecule has 3 rings (SSSR count). The zero-order valence-corrected chi connectivity index (χ0v) is 12.3. The van der Waals surface area contributed by atoms with E-state index in [0.717, 1.165) is 30.1 Å². The molecule has 0 radical (unpaired) electrons. The number of hydrogen-bond acceptors (Lipinski definition) is 3. The zero-order valence-electron chi connectivity index (χ0n) is 11.5. The third kappa shape index (κ3) is 2.17. The maximum absolute atomic E-state index is 10.8. The van der Waals surface area contributed by atoms with Crippen molar-refractivity contribution >= 4 is 22.8 Å². The van der Waals surface area contributed by atoms with Crippen molar-refractivity contribution in [3.8, 4) is 0 Å². The molecule has 1 aromatic carbocycles. The van der Waals surface area contributed by atoms with E-state index in [1.807, 2.05) is 30.0 Å². The van der Waals surface area contributed by atoms with Crippen molar-refractivity contribution in [2.75, 3.05) is 5.75 Å². The summed E-state index contributed by atoms with van der Waals surface area (Å²) in [6, 6.07) is 8.21. The minimum absolute atomic E-state index is 0.289. The number of hydrogen-bond donors (Lipinski definition) is 1. The Labute approximate surface area is 118 Å². The molecule has 1 fully saturated rings. The Bertz CT molecular complexity index is 595.